The lowest BCUT2D eigenvalue weighted by Gasteiger charge is -2.17. The second kappa shape index (κ2) is 12.3. The molecule has 0 amide bonds. The molecule has 0 bridgehead atoms. The van der Waals surface area contributed by atoms with Crippen molar-refractivity contribution in [1.29, 1.82) is 0 Å². The van der Waals surface area contributed by atoms with Gasteiger partial charge in [-0.2, -0.15) is 0 Å². The Hall–Kier alpha value is -7.09. The molecule has 0 aliphatic rings. The zero-order valence-corrected chi connectivity index (χ0v) is 29.5. The van der Waals surface area contributed by atoms with Gasteiger partial charge >= 0.3 is 0 Å². The summed E-state index contributed by atoms with van der Waals surface area (Å²) in [6, 6.07) is 73.1. The van der Waals surface area contributed by atoms with Gasteiger partial charge in [-0.1, -0.05) is 170 Å². The largest absolute Gasteiger partial charge is 0.246 e. The van der Waals surface area contributed by atoms with Gasteiger partial charge in [0.1, 0.15) is 0 Å². The fourth-order valence-corrected chi connectivity index (χ4v) is 8.64. The average Bonchev–Trinajstić information content (AvgIpc) is 3.24. The summed E-state index contributed by atoms with van der Waals surface area (Å²) in [6.45, 7) is 0. The Balaban J connectivity index is 1.19. The molecule has 1 heterocycles. The average molecular weight is 684 g/mol. The van der Waals surface area contributed by atoms with Crippen molar-refractivity contribution in [1.82, 2.24) is 4.98 Å². The van der Waals surface area contributed by atoms with Gasteiger partial charge in [0.2, 0.25) is 0 Å². The Labute approximate surface area is 313 Å². The van der Waals surface area contributed by atoms with E-state index in [0.717, 1.165) is 21.8 Å². The van der Waals surface area contributed by atoms with E-state index in [1.807, 2.05) is 0 Å². The predicted molar refractivity (Wildman–Crippen MR) is 231 cm³/mol. The fourth-order valence-electron chi connectivity index (χ4n) is 8.64. The Morgan fingerprint density at radius 2 is 0.648 bits per heavy atom. The summed E-state index contributed by atoms with van der Waals surface area (Å²) in [5.74, 6) is 0. The van der Waals surface area contributed by atoms with E-state index in [0.29, 0.717) is 0 Å². The van der Waals surface area contributed by atoms with Crippen LogP contribution in [0.4, 0.5) is 0 Å². The number of hydrogen-bond donors (Lipinski definition) is 0. The SMILES string of the molecule is c1ccc(-c2cc(-c3cccc(-c4c5ccc6ccccc6c5nc5c4ccc4ccccc45)c3)cc(-c3c4ccccc4cc4ccccc34)c2)cc1. The van der Waals surface area contributed by atoms with Gasteiger partial charge in [-0.15, -0.1) is 0 Å². The van der Waals surface area contributed by atoms with Crippen LogP contribution in [0.25, 0.3) is 109 Å². The van der Waals surface area contributed by atoms with Crippen LogP contribution in [0.2, 0.25) is 0 Å². The third kappa shape index (κ3) is 4.90. The van der Waals surface area contributed by atoms with Crippen LogP contribution in [0.15, 0.2) is 200 Å². The molecule has 10 aromatic carbocycles. The van der Waals surface area contributed by atoms with Crippen LogP contribution in [-0.4, -0.2) is 4.98 Å². The second-order valence-electron chi connectivity index (χ2n) is 14.3. The van der Waals surface area contributed by atoms with Crippen molar-refractivity contribution in [3.63, 3.8) is 0 Å². The maximum Gasteiger partial charge on any atom is 0.0794 e. The number of pyridine rings is 1. The first kappa shape index (κ1) is 30.5. The molecule has 0 radical (unpaired) electrons. The summed E-state index contributed by atoms with van der Waals surface area (Å²) in [4.78, 5) is 5.44. The maximum atomic E-state index is 5.44. The molecule has 0 spiro atoms. The van der Waals surface area contributed by atoms with Crippen LogP contribution in [0.3, 0.4) is 0 Å². The standard InChI is InChI=1S/C53H33N/c1-2-13-34(14-3-1)41-31-42(33-43(32-41)51-44-21-8-6-17-38(44)30-39-18-7-9-22-45(39)51)37-19-12-20-40(29-37)50-48-27-25-35-15-4-10-23-46(35)52(48)54-53-47-24-11-5-16-36(47)26-28-49(50)53/h1-33H. The normalized spacial score (nSPS) is 11.7. The maximum absolute atomic E-state index is 5.44. The first-order chi connectivity index (χ1) is 26.8. The molecular formula is C53H33N. The van der Waals surface area contributed by atoms with E-state index in [-0.39, 0.29) is 0 Å². The van der Waals surface area contributed by atoms with E-state index in [2.05, 4.69) is 200 Å². The molecule has 0 N–H and O–H groups in total. The van der Waals surface area contributed by atoms with Gasteiger partial charge in [0, 0.05) is 27.1 Å². The number of benzene rings is 10. The van der Waals surface area contributed by atoms with Gasteiger partial charge in [0.25, 0.3) is 0 Å². The van der Waals surface area contributed by atoms with Crippen LogP contribution in [0, 0.1) is 0 Å². The predicted octanol–water partition coefficient (Wildman–Crippen LogP) is 14.7. The van der Waals surface area contributed by atoms with Crippen LogP contribution >= 0.6 is 0 Å². The highest BCUT2D eigenvalue weighted by atomic mass is 14.7. The molecule has 0 saturated heterocycles. The number of rotatable bonds is 4. The fraction of sp³-hybridized carbons (Fsp3) is 0. The Bertz CT molecular complexity index is 3120. The lowest BCUT2D eigenvalue weighted by atomic mass is 9.87. The molecule has 1 aromatic heterocycles. The van der Waals surface area contributed by atoms with Crippen LogP contribution in [0.1, 0.15) is 0 Å². The van der Waals surface area contributed by atoms with E-state index in [1.165, 1.54) is 87.6 Å². The topological polar surface area (TPSA) is 12.9 Å². The van der Waals surface area contributed by atoms with Crippen molar-refractivity contribution >= 4 is 64.9 Å². The van der Waals surface area contributed by atoms with Gasteiger partial charge in [0.05, 0.1) is 11.0 Å². The summed E-state index contributed by atoms with van der Waals surface area (Å²) in [5.41, 5.74) is 11.7. The highest BCUT2D eigenvalue weighted by Crippen LogP contribution is 2.43. The minimum Gasteiger partial charge on any atom is -0.246 e. The van der Waals surface area contributed by atoms with Crippen molar-refractivity contribution < 1.29 is 0 Å². The minimum atomic E-state index is 1.04. The van der Waals surface area contributed by atoms with Gasteiger partial charge < -0.3 is 0 Å². The number of nitrogens with zero attached hydrogens (tertiary/aromatic N) is 1. The van der Waals surface area contributed by atoms with Crippen LogP contribution in [-0.2, 0) is 0 Å². The van der Waals surface area contributed by atoms with E-state index >= 15 is 0 Å². The monoisotopic (exact) mass is 683 g/mol. The number of aromatic nitrogens is 1. The Morgan fingerprint density at radius 1 is 0.222 bits per heavy atom. The molecule has 0 fully saturated rings. The molecule has 250 valence electrons. The van der Waals surface area contributed by atoms with E-state index in [9.17, 15) is 0 Å². The molecule has 0 atom stereocenters. The van der Waals surface area contributed by atoms with Crippen molar-refractivity contribution in [2.45, 2.75) is 0 Å². The summed E-state index contributed by atoms with van der Waals surface area (Å²) in [5, 5.41) is 12.1. The van der Waals surface area contributed by atoms with E-state index in [1.54, 1.807) is 0 Å². The number of hydrogen-bond acceptors (Lipinski definition) is 1. The van der Waals surface area contributed by atoms with Gasteiger partial charge in [-0.3, -0.25) is 0 Å². The molecular weight excluding hydrogens is 651 g/mol. The highest BCUT2D eigenvalue weighted by Gasteiger charge is 2.18. The van der Waals surface area contributed by atoms with Gasteiger partial charge in [0.15, 0.2) is 0 Å². The lowest BCUT2D eigenvalue weighted by molar-refractivity contribution is 1.53. The third-order valence-corrected chi connectivity index (χ3v) is 11.1. The summed E-state index contributed by atoms with van der Waals surface area (Å²) in [6.07, 6.45) is 0. The molecule has 1 nitrogen and oxygen atoms in total. The zero-order valence-electron chi connectivity index (χ0n) is 29.5. The molecule has 1 heteroatoms. The smallest absolute Gasteiger partial charge is 0.0794 e. The van der Waals surface area contributed by atoms with Crippen molar-refractivity contribution in [3.8, 4) is 44.5 Å². The Morgan fingerprint density at radius 3 is 1.26 bits per heavy atom. The first-order valence-corrected chi connectivity index (χ1v) is 18.6. The molecule has 54 heavy (non-hydrogen) atoms. The van der Waals surface area contributed by atoms with Crippen molar-refractivity contribution in [3.05, 3.63) is 200 Å². The van der Waals surface area contributed by atoms with Gasteiger partial charge in [-0.25, -0.2) is 4.98 Å². The highest BCUT2D eigenvalue weighted by molar-refractivity contribution is 6.21. The van der Waals surface area contributed by atoms with Crippen LogP contribution in [0.5, 0.6) is 0 Å². The minimum absolute atomic E-state index is 1.04. The van der Waals surface area contributed by atoms with E-state index in [4.69, 9.17) is 4.98 Å². The van der Waals surface area contributed by atoms with Crippen LogP contribution < -0.4 is 0 Å². The molecule has 11 rings (SSSR count). The summed E-state index contributed by atoms with van der Waals surface area (Å²) >= 11 is 0. The molecule has 11 aromatic rings. The quantitative estimate of drug-likeness (QED) is 0.133. The van der Waals surface area contributed by atoms with Crippen molar-refractivity contribution in [2.75, 3.05) is 0 Å². The first-order valence-electron chi connectivity index (χ1n) is 18.6. The molecule has 0 saturated carbocycles. The van der Waals surface area contributed by atoms with Crippen molar-refractivity contribution in [2.24, 2.45) is 0 Å². The second-order valence-corrected chi connectivity index (χ2v) is 14.3. The van der Waals surface area contributed by atoms with E-state index < -0.39 is 0 Å². The molecule has 0 aliphatic heterocycles. The summed E-state index contributed by atoms with van der Waals surface area (Å²) < 4.78 is 0. The lowest BCUT2D eigenvalue weighted by Crippen LogP contribution is -1.92. The number of fused-ring (bicyclic) bond motifs is 8. The Kier molecular flexibility index (Phi) is 6.93. The van der Waals surface area contributed by atoms with Gasteiger partial charge in [-0.05, 0) is 102 Å². The molecule has 0 unspecified atom stereocenters. The third-order valence-electron chi connectivity index (χ3n) is 11.1. The summed E-state index contributed by atoms with van der Waals surface area (Å²) in [7, 11) is 0. The zero-order chi connectivity index (χ0) is 35.6. The molecule has 0 aliphatic carbocycles.